The average Bonchev–Trinajstić information content (AvgIpc) is 3.15. The lowest BCUT2D eigenvalue weighted by Gasteiger charge is -2.08. The predicted molar refractivity (Wildman–Crippen MR) is 88.0 cm³/mol. The van der Waals surface area contributed by atoms with Crippen LogP contribution in [-0.4, -0.2) is 34.9 Å². The van der Waals surface area contributed by atoms with Gasteiger partial charge in [0, 0.05) is 5.56 Å². The zero-order valence-corrected chi connectivity index (χ0v) is 13.5. The van der Waals surface area contributed by atoms with Crippen molar-refractivity contribution < 1.29 is 9.50 Å². The fourth-order valence-corrected chi connectivity index (χ4v) is 2.83. The van der Waals surface area contributed by atoms with Crippen LogP contribution in [0.5, 0.6) is 5.88 Å². The molecule has 126 valence electrons. The van der Waals surface area contributed by atoms with Crippen molar-refractivity contribution >= 4 is 17.2 Å². The summed E-state index contributed by atoms with van der Waals surface area (Å²) in [4.78, 5) is 19.3. The van der Waals surface area contributed by atoms with Crippen molar-refractivity contribution in [2.75, 3.05) is 0 Å². The summed E-state index contributed by atoms with van der Waals surface area (Å²) in [5, 5.41) is 21.3. The number of nitrogens with zero attached hydrogens (tertiary/aromatic N) is 4. The molecular formula is C15H10ClFN6O2. The van der Waals surface area contributed by atoms with E-state index in [-0.39, 0.29) is 21.8 Å². The first kappa shape index (κ1) is 15.3. The molecule has 3 N–H and O–H groups in total. The number of benzene rings is 1. The molecule has 0 radical (unpaired) electrons. The number of aromatic amines is 2. The standard InChI is InChI=1S/C15H10ClFN6O2/c1-6-19-12(22-21-6)9-5-18-23-13(9)20-14(24)11(15(23)25)8-3-2-7(17)4-10(8)16/h2-5,25H,1H3,(H,20,24)(H,19,21,22). The fourth-order valence-electron chi connectivity index (χ4n) is 2.57. The van der Waals surface area contributed by atoms with Crippen LogP contribution in [0.2, 0.25) is 5.02 Å². The van der Waals surface area contributed by atoms with Crippen LogP contribution >= 0.6 is 11.6 Å². The zero-order chi connectivity index (χ0) is 17.7. The number of fused-ring (bicyclic) bond motifs is 1. The van der Waals surface area contributed by atoms with E-state index >= 15 is 0 Å². The highest BCUT2D eigenvalue weighted by Crippen LogP contribution is 2.33. The van der Waals surface area contributed by atoms with Crippen molar-refractivity contribution in [2.45, 2.75) is 6.92 Å². The van der Waals surface area contributed by atoms with E-state index in [1.54, 1.807) is 6.92 Å². The Morgan fingerprint density at radius 1 is 1.32 bits per heavy atom. The maximum absolute atomic E-state index is 13.2. The number of hydrogen-bond donors (Lipinski definition) is 3. The van der Waals surface area contributed by atoms with Crippen LogP contribution in [0, 0.1) is 12.7 Å². The van der Waals surface area contributed by atoms with E-state index in [1.807, 2.05) is 0 Å². The molecule has 0 spiro atoms. The first-order chi connectivity index (χ1) is 12.0. The Balaban J connectivity index is 1.99. The van der Waals surface area contributed by atoms with Gasteiger partial charge in [0.25, 0.3) is 5.56 Å². The van der Waals surface area contributed by atoms with Gasteiger partial charge in [-0.1, -0.05) is 11.6 Å². The molecule has 4 aromatic rings. The minimum atomic E-state index is -0.604. The SMILES string of the molecule is Cc1nc(-c2cnn3c(O)c(-c4ccc(F)cc4Cl)c(=O)[nH]c23)n[nH]1. The molecule has 0 atom stereocenters. The van der Waals surface area contributed by atoms with E-state index in [9.17, 15) is 14.3 Å². The topological polar surface area (TPSA) is 112 Å². The minimum absolute atomic E-state index is 0.00266. The Kier molecular flexibility index (Phi) is 3.32. The van der Waals surface area contributed by atoms with Crippen molar-refractivity contribution in [1.29, 1.82) is 0 Å². The quantitative estimate of drug-likeness (QED) is 0.507. The third-order valence-electron chi connectivity index (χ3n) is 3.69. The van der Waals surface area contributed by atoms with Crippen molar-refractivity contribution in [1.82, 2.24) is 29.8 Å². The molecule has 0 amide bonds. The van der Waals surface area contributed by atoms with Gasteiger partial charge < -0.3 is 10.1 Å². The molecule has 0 aliphatic heterocycles. The van der Waals surface area contributed by atoms with Crippen molar-refractivity contribution in [3.05, 3.63) is 51.4 Å². The monoisotopic (exact) mass is 360 g/mol. The largest absolute Gasteiger partial charge is 0.493 e. The second kappa shape index (κ2) is 5.42. The average molecular weight is 361 g/mol. The van der Waals surface area contributed by atoms with Gasteiger partial charge in [0.2, 0.25) is 5.88 Å². The molecule has 25 heavy (non-hydrogen) atoms. The number of aromatic nitrogens is 6. The summed E-state index contributed by atoms with van der Waals surface area (Å²) in [5.41, 5.74) is 0.136. The molecular weight excluding hydrogens is 351 g/mol. The summed E-state index contributed by atoms with van der Waals surface area (Å²) in [6.07, 6.45) is 1.42. The first-order valence-electron chi connectivity index (χ1n) is 7.13. The molecule has 0 fully saturated rings. The smallest absolute Gasteiger partial charge is 0.262 e. The van der Waals surface area contributed by atoms with Gasteiger partial charge in [0.15, 0.2) is 11.5 Å². The Bertz CT molecular complexity index is 1180. The molecule has 0 aliphatic rings. The van der Waals surface area contributed by atoms with Crippen molar-refractivity contribution in [2.24, 2.45) is 0 Å². The van der Waals surface area contributed by atoms with Crippen LogP contribution in [-0.2, 0) is 0 Å². The third-order valence-corrected chi connectivity index (χ3v) is 4.00. The van der Waals surface area contributed by atoms with Crippen LogP contribution in [0.3, 0.4) is 0 Å². The number of hydrogen-bond acceptors (Lipinski definition) is 5. The van der Waals surface area contributed by atoms with Gasteiger partial charge in [-0.25, -0.2) is 9.37 Å². The summed E-state index contributed by atoms with van der Waals surface area (Å²) in [6, 6.07) is 3.52. The lowest BCUT2D eigenvalue weighted by atomic mass is 10.1. The van der Waals surface area contributed by atoms with Crippen molar-refractivity contribution in [3.8, 4) is 28.4 Å². The zero-order valence-electron chi connectivity index (χ0n) is 12.7. The molecule has 0 unspecified atom stereocenters. The number of H-pyrrole nitrogens is 2. The summed E-state index contributed by atoms with van der Waals surface area (Å²) >= 11 is 6.01. The Labute approximate surface area is 143 Å². The number of aryl methyl sites for hydroxylation is 1. The normalized spacial score (nSPS) is 11.3. The van der Waals surface area contributed by atoms with Gasteiger partial charge in [-0.2, -0.15) is 14.7 Å². The predicted octanol–water partition coefficient (Wildman–Crippen LogP) is 2.28. The summed E-state index contributed by atoms with van der Waals surface area (Å²) in [6.45, 7) is 1.73. The van der Waals surface area contributed by atoms with Gasteiger partial charge >= 0.3 is 0 Å². The molecule has 3 heterocycles. The molecule has 4 rings (SSSR count). The lowest BCUT2D eigenvalue weighted by Crippen LogP contribution is -2.13. The molecule has 0 aliphatic carbocycles. The minimum Gasteiger partial charge on any atom is -0.493 e. The second-order valence-electron chi connectivity index (χ2n) is 5.34. The van der Waals surface area contributed by atoms with E-state index < -0.39 is 17.3 Å². The van der Waals surface area contributed by atoms with Gasteiger partial charge in [0.1, 0.15) is 17.2 Å². The number of aromatic hydroxyl groups is 1. The Morgan fingerprint density at radius 3 is 2.80 bits per heavy atom. The van der Waals surface area contributed by atoms with E-state index in [2.05, 4.69) is 25.3 Å². The van der Waals surface area contributed by atoms with Crippen molar-refractivity contribution in [3.63, 3.8) is 0 Å². The summed E-state index contributed by atoms with van der Waals surface area (Å²) in [5.74, 6) is -0.0522. The molecule has 3 aromatic heterocycles. The van der Waals surface area contributed by atoms with Gasteiger partial charge in [-0.15, -0.1) is 0 Å². The van der Waals surface area contributed by atoms with Gasteiger partial charge in [-0.05, 0) is 25.1 Å². The van der Waals surface area contributed by atoms with Gasteiger partial charge in [0.05, 0.1) is 16.8 Å². The fraction of sp³-hybridized carbons (Fsp3) is 0.0667. The third kappa shape index (κ3) is 2.36. The molecule has 0 bridgehead atoms. The highest BCUT2D eigenvalue weighted by molar-refractivity contribution is 6.33. The van der Waals surface area contributed by atoms with Crippen LogP contribution in [0.25, 0.3) is 28.2 Å². The lowest BCUT2D eigenvalue weighted by molar-refractivity contribution is 0.437. The Morgan fingerprint density at radius 2 is 2.12 bits per heavy atom. The van der Waals surface area contributed by atoms with Crippen LogP contribution in [0.15, 0.2) is 29.2 Å². The highest BCUT2D eigenvalue weighted by Gasteiger charge is 2.21. The molecule has 0 saturated carbocycles. The van der Waals surface area contributed by atoms with Crippen LogP contribution < -0.4 is 5.56 Å². The van der Waals surface area contributed by atoms with Crippen LogP contribution in [0.1, 0.15) is 5.82 Å². The van der Waals surface area contributed by atoms with Gasteiger partial charge in [-0.3, -0.25) is 9.89 Å². The second-order valence-corrected chi connectivity index (χ2v) is 5.75. The van der Waals surface area contributed by atoms with E-state index in [4.69, 9.17) is 11.6 Å². The summed E-state index contributed by atoms with van der Waals surface area (Å²) in [7, 11) is 0. The Hall–Kier alpha value is -3.20. The van der Waals surface area contributed by atoms with E-state index in [1.165, 1.54) is 12.3 Å². The number of nitrogens with one attached hydrogen (secondary N) is 2. The maximum Gasteiger partial charge on any atom is 0.262 e. The molecule has 8 nitrogen and oxygen atoms in total. The maximum atomic E-state index is 13.2. The number of rotatable bonds is 2. The molecule has 0 saturated heterocycles. The van der Waals surface area contributed by atoms with E-state index in [0.717, 1.165) is 16.6 Å². The molecule has 1 aromatic carbocycles. The summed E-state index contributed by atoms with van der Waals surface area (Å²) < 4.78 is 14.4. The number of halogens is 2. The highest BCUT2D eigenvalue weighted by atomic mass is 35.5. The van der Waals surface area contributed by atoms with Crippen LogP contribution in [0.4, 0.5) is 4.39 Å². The molecule has 10 heteroatoms. The first-order valence-corrected chi connectivity index (χ1v) is 7.51. The van der Waals surface area contributed by atoms with E-state index in [0.29, 0.717) is 17.2 Å².